The first-order valence-corrected chi connectivity index (χ1v) is 6.87. The van der Waals surface area contributed by atoms with Crippen LogP contribution in [0.25, 0.3) is 6.08 Å². The number of hydrogen-bond acceptors (Lipinski definition) is 3. The Hall–Kier alpha value is -2.02. The molecular weight excluding hydrogens is 369 g/mol. The Morgan fingerprint density at radius 3 is 2.35 bits per heavy atom. The Bertz CT molecular complexity index is 678. The summed E-state index contributed by atoms with van der Waals surface area (Å²) in [5.74, 6) is -0.0895. The summed E-state index contributed by atoms with van der Waals surface area (Å²) >= 11 is 2.11. The lowest BCUT2D eigenvalue weighted by Crippen LogP contribution is -1.96. The normalized spacial score (nSPS) is 10.7. The number of allylic oxidation sites excluding steroid dienone is 1. The van der Waals surface area contributed by atoms with E-state index >= 15 is 0 Å². The van der Waals surface area contributed by atoms with E-state index in [1.165, 1.54) is 18.2 Å². The molecule has 2 aromatic carbocycles. The van der Waals surface area contributed by atoms with E-state index in [1.807, 2.05) is 18.2 Å². The molecule has 4 nitrogen and oxygen atoms in total. The topological polar surface area (TPSA) is 60.2 Å². The highest BCUT2D eigenvalue weighted by molar-refractivity contribution is 14.1. The van der Waals surface area contributed by atoms with E-state index in [0.717, 1.165) is 9.13 Å². The Labute approximate surface area is 129 Å². The van der Waals surface area contributed by atoms with Gasteiger partial charge in [0.1, 0.15) is 0 Å². The molecular formula is C15H10INO3. The smallest absolute Gasteiger partial charge is 0.269 e. The number of hydrogen-bond donors (Lipinski definition) is 0. The monoisotopic (exact) mass is 379 g/mol. The van der Waals surface area contributed by atoms with Crippen molar-refractivity contribution in [3.63, 3.8) is 0 Å². The number of nitro groups is 1. The quantitative estimate of drug-likeness (QED) is 0.264. The molecule has 0 amide bonds. The molecule has 0 saturated carbocycles. The molecule has 0 fully saturated rings. The summed E-state index contributed by atoms with van der Waals surface area (Å²) in [6, 6.07) is 13.4. The third-order valence-electron chi connectivity index (χ3n) is 2.67. The lowest BCUT2D eigenvalue weighted by Gasteiger charge is -1.99. The van der Waals surface area contributed by atoms with Crippen molar-refractivity contribution >= 4 is 40.1 Å². The molecule has 0 bridgehead atoms. The number of carbonyl (C=O) groups is 1. The molecule has 2 rings (SSSR count). The van der Waals surface area contributed by atoms with Crippen LogP contribution >= 0.6 is 22.6 Å². The summed E-state index contributed by atoms with van der Waals surface area (Å²) in [6.45, 7) is 0. The highest BCUT2D eigenvalue weighted by Gasteiger charge is 2.06. The molecule has 0 aromatic heterocycles. The van der Waals surface area contributed by atoms with Gasteiger partial charge in [0.2, 0.25) is 0 Å². The number of nitrogens with zero attached hydrogens (tertiary/aromatic N) is 1. The van der Waals surface area contributed by atoms with Gasteiger partial charge in [0.15, 0.2) is 5.78 Å². The van der Waals surface area contributed by atoms with E-state index in [1.54, 1.807) is 24.3 Å². The first-order valence-electron chi connectivity index (χ1n) is 5.79. The van der Waals surface area contributed by atoms with Crippen LogP contribution in [-0.4, -0.2) is 10.7 Å². The van der Waals surface area contributed by atoms with Crippen molar-refractivity contribution in [2.24, 2.45) is 0 Å². The molecule has 2 aromatic rings. The van der Waals surface area contributed by atoms with Crippen LogP contribution in [0.3, 0.4) is 0 Å². The largest absolute Gasteiger partial charge is 0.289 e. The standard InChI is InChI=1S/C15H10INO3/c16-14-4-2-1-3-13(14)15(18)10-7-11-5-8-12(9-6-11)17(19)20/h1-10H/b10-7+. The summed E-state index contributed by atoms with van der Waals surface area (Å²) in [4.78, 5) is 22.1. The van der Waals surface area contributed by atoms with Gasteiger partial charge >= 0.3 is 0 Å². The van der Waals surface area contributed by atoms with Gasteiger partial charge < -0.3 is 0 Å². The minimum absolute atomic E-state index is 0.0334. The third-order valence-corrected chi connectivity index (χ3v) is 3.61. The van der Waals surface area contributed by atoms with Gasteiger partial charge in [-0.2, -0.15) is 0 Å². The highest BCUT2D eigenvalue weighted by atomic mass is 127. The van der Waals surface area contributed by atoms with Gasteiger partial charge in [-0.25, -0.2) is 0 Å². The van der Waals surface area contributed by atoms with E-state index in [-0.39, 0.29) is 11.5 Å². The van der Waals surface area contributed by atoms with Crippen molar-refractivity contribution in [1.82, 2.24) is 0 Å². The molecule has 20 heavy (non-hydrogen) atoms. The minimum Gasteiger partial charge on any atom is -0.289 e. The highest BCUT2D eigenvalue weighted by Crippen LogP contribution is 2.15. The number of non-ortho nitro benzene ring substituents is 1. The number of ketones is 1. The summed E-state index contributed by atoms with van der Waals surface area (Å²) in [5.41, 5.74) is 1.42. The molecule has 0 aliphatic heterocycles. The fourth-order valence-corrected chi connectivity index (χ4v) is 2.28. The van der Waals surface area contributed by atoms with Gasteiger partial charge in [-0.1, -0.05) is 18.2 Å². The Morgan fingerprint density at radius 1 is 1.10 bits per heavy atom. The average molecular weight is 379 g/mol. The van der Waals surface area contributed by atoms with Gasteiger partial charge in [0.25, 0.3) is 5.69 Å². The second-order valence-corrected chi connectivity index (χ2v) is 5.19. The first-order chi connectivity index (χ1) is 9.58. The van der Waals surface area contributed by atoms with Crippen molar-refractivity contribution in [2.45, 2.75) is 0 Å². The maximum absolute atomic E-state index is 12.0. The molecule has 5 heteroatoms. The van der Waals surface area contributed by atoms with Crippen molar-refractivity contribution in [3.05, 3.63) is 79.4 Å². The number of halogens is 1. The average Bonchev–Trinajstić information content (AvgIpc) is 2.45. The Kier molecular flexibility index (Phi) is 4.62. The van der Waals surface area contributed by atoms with Crippen LogP contribution in [0.1, 0.15) is 15.9 Å². The summed E-state index contributed by atoms with van der Waals surface area (Å²) < 4.78 is 0.892. The van der Waals surface area contributed by atoms with Gasteiger partial charge in [-0.15, -0.1) is 0 Å². The van der Waals surface area contributed by atoms with E-state index in [0.29, 0.717) is 5.56 Å². The lowest BCUT2D eigenvalue weighted by molar-refractivity contribution is -0.384. The van der Waals surface area contributed by atoms with E-state index in [4.69, 9.17) is 0 Å². The maximum Gasteiger partial charge on any atom is 0.269 e. The number of nitro benzene ring substituents is 1. The van der Waals surface area contributed by atoms with E-state index in [9.17, 15) is 14.9 Å². The molecule has 100 valence electrons. The van der Waals surface area contributed by atoms with Crippen LogP contribution in [-0.2, 0) is 0 Å². The molecule has 0 heterocycles. The molecule has 0 atom stereocenters. The molecule has 0 spiro atoms. The van der Waals surface area contributed by atoms with Crippen LogP contribution in [0, 0.1) is 13.7 Å². The molecule has 0 unspecified atom stereocenters. The second-order valence-electron chi connectivity index (χ2n) is 4.03. The third kappa shape index (κ3) is 3.51. The number of rotatable bonds is 4. The van der Waals surface area contributed by atoms with Crippen molar-refractivity contribution in [1.29, 1.82) is 0 Å². The summed E-state index contributed by atoms with van der Waals surface area (Å²) in [5, 5.41) is 10.5. The number of benzene rings is 2. The van der Waals surface area contributed by atoms with E-state index < -0.39 is 4.92 Å². The van der Waals surface area contributed by atoms with Gasteiger partial charge in [0.05, 0.1) is 4.92 Å². The molecule has 0 radical (unpaired) electrons. The summed E-state index contributed by atoms with van der Waals surface area (Å²) in [7, 11) is 0. The van der Waals surface area contributed by atoms with Gasteiger partial charge in [-0.3, -0.25) is 14.9 Å². The van der Waals surface area contributed by atoms with Crippen LogP contribution < -0.4 is 0 Å². The number of carbonyl (C=O) groups excluding carboxylic acids is 1. The predicted molar refractivity (Wildman–Crippen MR) is 85.6 cm³/mol. The zero-order chi connectivity index (χ0) is 14.5. The molecule has 0 aliphatic rings. The lowest BCUT2D eigenvalue weighted by atomic mass is 10.1. The van der Waals surface area contributed by atoms with Crippen molar-refractivity contribution in [3.8, 4) is 0 Å². The SMILES string of the molecule is O=C(/C=C/c1ccc([N+](=O)[O-])cc1)c1ccccc1I. The van der Waals surface area contributed by atoms with Crippen LogP contribution in [0.2, 0.25) is 0 Å². The Morgan fingerprint density at radius 2 is 1.75 bits per heavy atom. The Balaban J connectivity index is 2.15. The van der Waals surface area contributed by atoms with Crippen molar-refractivity contribution in [2.75, 3.05) is 0 Å². The van der Waals surface area contributed by atoms with Crippen LogP contribution in [0.4, 0.5) is 5.69 Å². The van der Waals surface area contributed by atoms with Crippen LogP contribution in [0.5, 0.6) is 0 Å². The predicted octanol–water partition coefficient (Wildman–Crippen LogP) is 4.10. The molecule has 0 saturated heterocycles. The van der Waals surface area contributed by atoms with Crippen molar-refractivity contribution < 1.29 is 9.72 Å². The van der Waals surface area contributed by atoms with E-state index in [2.05, 4.69) is 22.6 Å². The fourth-order valence-electron chi connectivity index (χ4n) is 1.63. The summed E-state index contributed by atoms with van der Waals surface area (Å²) in [6.07, 6.45) is 3.12. The van der Waals surface area contributed by atoms with Gasteiger partial charge in [0, 0.05) is 21.3 Å². The zero-order valence-corrected chi connectivity index (χ0v) is 12.5. The minimum atomic E-state index is -0.453. The maximum atomic E-state index is 12.0. The van der Waals surface area contributed by atoms with Crippen LogP contribution in [0.15, 0.2) is 54.6 Å². The zero-order valence-electron chi connectivity index (χ0n) is 10.3. The van der Waals surface area contributed by atoms with Gasteiger partial charge in [-0.05, 0) is 58.5 Å². The molecule has 0 aliphatic carbocycles. The second kappa shape index (κ2) is 6.42. The molecule has 0 N–H and O–H groups in total. The fraction of sp³-hybridized carbons (Fsp3) is 0. The first kappa shape index (κ1) is 14.4.